The Morgan fingerprint density at radius 1 is 1.11 bits per heavy atom. The number of sulfonamides is 1. The van der Waals surface area contributed by atoms with Crippen LogP contribution in [0.3, 0.4) is 0 Å². The molecule has 1 heterocycles. The molecule has 0 spiro atoms. The molecule has 0 aliphatic heterocycles. The van der Waals surface area contributed by atoms with Gasteiger partial charge in [0.25, 0.3) is 11.8 Å². The SMILES string of the molecule is CCN(CC)S(=O)(=O)c1cccc(C(=O)NNC(=O)c2csc([N+](=O)[O-])c2)c1. The van der Waals surface area contributed by atoms with Crippen LogP contribution < -0.4 is 10.9 Å². The number of rotatable bonds is 7. The van der Waals surface area contributed by atoms with E-state index in [9.17, 15) is 28.1 Å². The number of benzene rings is 1. The van der Waals surface area contributed by atoms with E-state index < -0.39 is 26.8 Å². The first-order chi connectivity index (χ1) is 13.2. The van der Waals surface area contributed by atoms with Gasteiger partial charge in [0.15, 0.2) is 0 Å². The van der Waals surface area contributed by atoms with E-state index >= 15 is 0 Å². The van der Waals surface area contributed by atoms with Crippen LogP contribution in [-0.2, 0) is 10.0 Å². The fourth-order valence-electron chi connectivity index (χ4n) is 2.31. The smallest absolute Gasteiger partial charge is 0.267 e. The zero-order valence-corrected chi connectivity index (χ0v) is 16.7. The zero-order valence-electron chi connectivity index (χ0n) is 15.0. The summed E-state index contributed by atoms with van der Waals surface area (Å²) < 4.78 is 26.4. The van der Waals surface area contributed by atoms with Gasteiger partial charge in [0.2, 0.25) is 10.0 Å². The van der Waals surface area contributed by atoms with Crippen LogP contribution in [0.2, 0.25) is 0 Å². The van der Waals surface area contributed by atoms with E-state index in [0.717, 1.165) is 17.4 Å². The molecule has 10 nitrogen and oxygen atoms in total. The first-order valence-electron chi connectivity index (χ1n) is 8.14. The van der Waals surface area contributed by atoms with Gasteiger partial charge in [0, 0.05) is 30.1 Å². The number of hydrogen-bond donors (Lipinski definition) is 2. The topological polar surface area (TPSA) is 139 Å². The van der Waals surface area contributed by atoms with Gasteiger partial charge in [-0.15, -0.1) is 0 Å². The van der Waals surface area contributed by atoms with E-state index in [2.05, 4.69) is 10.9 Å². The lowest BCUT2D eigenvalue weighted by Gasteiger charge is -2.18. The minimum Gasteiger partial charge on any atom is -0.267 e. The van der Waals surface area contributed by atoms with E-state index in [4.69, 9.17) is 0 Å². The average Bonchev–Trinajstić information content (AvgIpc) is 3.17. The molecule has 2 N–H and O–H groups in total. The van der Waals surface area contributed by atoms with E-state index in [-0.39, 0.29) is 34.1 Å². The molecule has 0 saturated carbocycles. The van der Waals surface area contributed by atoms with Gasteiger partial charge in [-0.1, -0.05) is 31.3 Å². The molecule has 0 fully saturated rings. The Kier molecular flexibility index (Phi) is 6.83. The molecule has 2 amide bonds. The molecule has 0 aliphatic rings. The van der Waals surface area contributed by atoms with Crippen molar-refractivity contribution in [1.29, 1.82) is 0 Å². The Balaban J connectivity index is 2.10. The van der Waals surface area contributed by atoms with Gasteiger partial charge in [-0.3, -0.25) is 30.6 Å². The van der Waals surface area contributed by atoms with Gasteiger partial charge in [0.05, 0.1) is 15.4 Å². The van der Waals surface area contributed by atoms with Crippen molar-refractivity contribution in [2.24, 2.45) is 0 Å². The number of hydrogen-bond acceptors (Lipinski definition) is 7. The normalized spacial score (nSPS) is 11.2. The second kappa shape index (κ2) is 8.91. The summed E-state index contributed by atoms with van der Waals surface area (Å²) in [7, 11) is -3.73. The Morgan fingerprint density at radius 3 is 2.25 bits per heavy atom. The number of carbonyl (C=O) groups excluding carboxylic acids is 2. The summed E-state index contributed by atoms with van der Waals surface area (Å²) in [5.41, 5.74) is 4.35. The summed E-state index contributed by atoms with van der Waals surface area (Å²) in [5, 5.41) is 11.7. The fourth-order valence-corrected chi connectivity index (χ4v) is 4.52. The molecule has 0 radical (unpaired) electrons. The first kappa shape index (κ1) is 21.5. The molecule has 0 bridgehead atoms. The lowest BCUT2D eigenvalue weighted by atomic mass is 10.2. The third-order valence-electron chi connectivity index (χ3n) is 3.76. The molecule has 0 unspecified atom stereocenters. The number of amides is 2. The van der Waals surface area contributed by atoms with Gasteiger partial charge in [0.1, 0.15) is 0 Å². The van der Waals surface area contributed by atoms with Gasteiger partial charge >= 0.3 is 5.00 Å². The van der Waals surface area contributed by atoms with E-state index in [0.29, 0.717) is 0 Å². The minimum atomic E-state index is -3.73. The Bertz CT molecular complexity index is 998. The summed E-state index contributed by atoms with van der Waals surface area (Å²) in [6.07, 6.45) is 0. The van der Waals surface area contributed by atoms with E-state index in [1.54, 1.807) is 13.8 Å². The first-order valence-corrected chi connectivity index (χ1v) is 10.5. The van der Waals surface area contributed by atoms with Gasteiger partial charge in [-0.2, -0.15) is 4.31 Å². The summed E-state index contributed by atoms with van der Waals surface area (Å²) in [6.45, 7) is 4.00. The van der Waals surface area contributed by atoms with Crippen molar-refractivity contribution in [3.05, 3.63) is 57.0 Å². The van der Waals surface area contributed by atoms with Gasteiger partial charge < -0.3 is 0 Å². The lowest BCUT2D eigenvalue weighted by molar-refractivity contribution is -0.380. The van der Waals surface area contributed by atoms with Crippen molar-refractivity contribution in [2.75, 3.05) is 13.1 Å². The molecule has 150 valence electrons. The van der Waals surface area contributed by atoms with E-state index in [1.165, 1.54) is 34.0 Å². The van der Waals surface area contributed by atoms with Crippen LogP contribution in [0.4, 0.5) is 5.00 Å². The molecule has 28 heavy (non-hydrogen) atoms. The summed E-state index contributed by atoms with van der Waals surface area (Å²) in [6, 6.07) is 6.51. The summed E-state index contributed by atoms with van der Waals surface area (Å²) in [4.78, 5) is 34.2. The lowest BCUT2D eigenvalue weighted by Crippen LogP contribution is -2.41. The molecular weight excluding hydrogens is 408 g/mol. The maximum atomic E-state index is 12.5. The number of thiophene rings is 1. The third-order valence-corrected chi connectivity index (χ3v) is 6.68. The number of nitrogens with zero attached hydrogens (tertiary/aromatic N) is 2. The summed E-state index contributed by atoms with van der Waals surface area (Å²) >= 11 is 0.784. The van der Waals surface area contributed by atoms with Crippen molar-refractivity contribution < 1.29 is 22.9 Å². The molecule has 0 aliphatic carbocycles. The van der Waals surface area contributed by atoms with Gasteiger partial charge in [-0.05, 0) is 18.2 Å². The minimum absolute atomic E-state index is 0.0230. The highest BCUT2D eigenvalue weighted by atomic mass is 32.2. The predicted molar refractivity (Wildman–Crippen MR) is 102 cm³/mol. The second-order valence-electron chi connectivity index (χ2n) is 5.46. The largest absolute Gasteiger partial charge is 0.324 e. The number of carbonyl (C=O) groups is 2. The molecule has 1 aromatic carbocycles. The van der Waals surface area contributed by atoms with Crippen LogP contribution in [0.15, 0.2) is 40.6 Å². The van der Waals surface area contributed by atoms with Crippen molar-refractivity contribution in [3.63, 3.8) is 0 Å². The molecule has 0 atom stereocenters. The third kappa shape index (κ3) is 4.71. The van der Waals surface area contributed by atoms with Crippen molar-refractivity contribution in [2.45, 2.75) is 18.7 Å². The molecule has 12 heteroatoms. The standard InChI is InChI=1S/C16H18N4O6S2/c1-3-19(4-2)28(25,26)13-7-5-6-11(8-13)15(21)17-18-16(22)12-9-14(20(23)24)27-10-12/h5-10H,3-4H2,1-2H3,(H,17,21)(H,18,22). The molecule has 2 rings (SSSR count). The van der Waals surface area contributed by atoms with Crippen LogP contribution in [-0.4, -0.2) is 42.6 Å². The average molecular weight is 426 g/mol. The van der Waals surface area contributed by atoms with Gasteiger partial charge in [-0.25, -0.2) is 8.42 Å². The quantitative estimate of drug-likeness (QED) is 0.511. The van der Waals surface area contributed by atoms with Crippen molar-refractivity contribution >= 4 is 38.2 Å². The highest BCUT2D eigenvalue weighted by Gasteiger charge is 2.23. The van der Waals surface area contributed by atoms with Crippen LogP contribution in [0.25, 0.3) is 0 Å². The monoisotopic (exact) mass is 426 g/mol. The Labute approximate surface area is 165 Å². The van der Waals surface area contributed by atoms with Crippen LogP contribution in [0.1, 0.15) is 34.6 Å². The fraction of sp³-hybridized carbons (Fsp3) is 0.250. The Morgan fingerprint density at radius 2 is 1.71 bits per heavy atom. The number of hydrazine groups is 1. The van der Waals surface area contributed by atoms with Crippen LogP contribution in [0.5, 0.6) is 0 Å². The predicted octanol–water partition coefficient (Wildman–Crippen LogP) is 1.76. The van der Waals surface area contributed by atoms with Crippen molar-refractivity contribution in [3.8, 4) is 0 Å². The summed E-state index contributed by atoms with van der Waals surface area (Å²) in [5.74, 6) is -1.46. The maximum absolute atomic E-state index is 12.5. The highest BCUT2D eigenvalue weighted by Crippen LogP contribution is 2.22. The second-order valence-corrected chi connectivity index (χ2v) is 8.28. The molecule has 0 saturated heterocycles. The van der Waals surface area contributed by atoms with E-state index in [1.807, 2.05) is 0 Å². The maximum Gasteiger partial charge on any atom is 0.324 e. The highest BCUT2D eigenvalue weighted by molar-refractivity contribution is 7.89. The molecule has 1 aromatic heterocycles. The molecular formula is C16H18N4O6S2. The van der Waals surface area contributed by atoms with Crippen molar-refractivity contribution in [1.82, 2.24) is 15.2 Å². The molecule has 2 aromatic rings. The van der Waals surface area contributed by atoms with Crippen LogP contribution in [0, 0.1) is 10.1 Å². The van der Waals surface area contributed by atoms with Crippen LogP contribution >= 0.6 is 11.3 Å². The number of nitrogens with one attached hydrogen (secondary N) is 2. The Hall–Kier alpha value is -2.83. The number of nitro groups is 1. The zero-order chi connectivity index (χ0) is 20.9.